The Morgan fingerprint density at radius 3 is 2.60 bits per heavy atom. The van der Waals surface area contributed by atoms with Crippen LogP contribution in [0.2, 0.25) is 0 Å². The molecule has 5 aliphatic rings. The minimum atomic E-state index is -2.37. The van der Waals surface area contributed by atoms with Gasteiger partial charge < -0.3 is 29.5 Å². The summed E-state index contributed by atoms with van der Waals surface area (Å²) in [5.74, 6) is -3.04. The normalized spacial score (nSPS) is 58.8. The van der Waals surface area contributed by atoms with Gasteiger partial charge in [0.05, 0.1) is 41.9 Å². The lowest BCUT2D eigenvalue weighted by atomic mass is 9.50. The number of alkyl halides is 1. The van der Waals surface area contributed by atoms with Gasteiger partial charge in [-0.25, -0.2) is 4.79 Å². The summed E-state index contributed by atoms with van der Waals surface area (Å²) in [5, 5.41) is 33.2. The highest BCUT2D eigenvalue weighted by molar-refractivity contribution is 9.09. The minimum absolute atomic E-state index is 0.128. The lowest BCUT2D eigenvalue weighted by Gasteiger charge is -2.59. The number of esters is 2. The van der Waals surface area contributed by atoms with E-state index in [2.05, 4.69) is 15.9 Å². The molecule has 3 heterocycles. The topological polar surface area (TPSA) is 123 Å². The molecule has 5 fully saturated rings. The third-order valence-corrected chi connectivity index (χ3v) is 8.25. The zero-order valence-electron chi connectivity index (χ0n) is 14.1. The number of aliphatic hydroxyl groups is 3. The predicted molar refractivity (Wildman–Crippen MR) is 84.6 cm³/mol. The molecular formula is C16H21BrO8. The maximum Gasteiger partial charge on any atom is 0.341 e. The molecule has 5 rings (SSSR count). The summed E-state index contributed by atoms with van der Waals surface area (Å²) in [6, 6.07) is 0. The standard InChI is InChI=1S/C16H21BrO8/c1-13(5-17)7-8-11(20)24-10(9(7)19)14(2)15(8,25-13)4-6(18)16(14,22)12(21)23-3/h6-10,18-19,22H,4-5H2,1-3H3/t6-,7+,8-,9-,10-,13-,14-,15-,16+/m1/s1. The maximum atomic E-state index is 12.6. The highest BCUT2D eigenvalue weighted by Gasteiger charge is 2.90. The van der Waals surface area contributed by atoms with E-state index < -0.39 is 64.3 Å². The molecule has 0 unspecified atom stereocenters. The number of hydrogen-bond donors (Lipinski definition) is 3. The Morgan fingerprint density at radius 1 is 1.40 bits per heavy atom. The summed E-state index contributed by atoms with van der Waals surface area (Å²) in [6.07, 6.45) is -3.99. The van der Waals surface area contributed by atoms with Crippen molar-refractivity contribution in [3.63, 3.8) is 0 Å². The second kappa shape index (κ2) is 4.75. The van der Waals surface area contributed by atoms with Crippen LogP contribution in [0.1, 0.15) is 20.3 Å². The van der Waals surface area contributed by atoms with Crippen molar-refractivity contribution in [2.24, 2.45) is 17.3 Å². The summed E-state index contributed by atoms with van der Waals surface area (Å²) < 4.78 is 16.5. The van der Waals surface area contributed by atoms with Gasteiger partial charge in [-0.05, 0) is 13.8 Å². The smallest absolute Gasteiger partial charge is 0.341 e. The number of fused-ring (bicyclic) bond motifs is 1. The molecule has 9 heteroatoms. The van der Waals surface area contributed by atoms with Crippen LogP contribution in [0.4, 0.5) is 0 Å². The van der Waals surface area contributed by atoms with Gasteiger partial charge in [-0.15, -0.1) is 0 Å². The van der Waals surface area contributed by atoms with Crippen molar-refractivity contribution in [2.75, 3.05) is 12.4 Å². The Morgan fingerprint density at radius 2 is 2.04 bits per heavy atom. The average molecular weight is 421 g/mol. The third-order valence-electron chi connectivity index (χ3n) is 7.14. The van der Waals surface area contributed by atoms with Crippen LogP contribution in [0, 0.1) is 17.3 Å². The van der Waals surface area contributed by atoms with Crippen LogP contribution in [0.15, 0.2) is 0 Å². The van der Waals surface area contributed by atoms with E-state index in [0.717, 1.165) is 7.11 Å². The largest absolute Gasteiger partial charge is 0.467 e. The van der Waals surface area contributed by atoms with Crippen molar-refractivity contribution in [1.82, 2.24) is 0 Å². The monoisotopic (exact) mass is 420 g/mol. The summed E-state index contributed by atoms with van der Waals surface area (Å²) in [5.41, 5.74) is -6.17. The number of methoxy groups -OCH3 is 1. The molecule has 0 aromatic carbocycles. The summed E-state index contributed by atoms with van der Waals surface area (Å²) >= 11 is 3.38. The van der Waals surface area contributed by atoms with Crippen molar-refractivity contribution in [1.29, 1.82) is 0 Å². The fourth-order valence-corrected chi connectivity index (χ4v) is 6.48. The Balaban J connectivity index is 2.00. The molecule has 3 aliphatic heterocycles. The van der Waals surface area contributed by atoms with E-state index >= 15 is 0 Å². The number of carbonyl (C=O) groups excluding carboxylic acids is 2. The molecule has 25 heavy (non-hydrogen) atoms. The first-order valence-electron chi connectivity index (χ1n) is 8.18. The molecular weight excluding hydrogens is 400 g/mol. The molecule has 4 bridgehead atoms. The first-order valence-corrected chi connectivity index (χ1v) is 9.31. The zero-order chi connectivity index (χ0) is 18.6. The summed E-state index contributed by atoms with van der Waals surface area (Å²) in [4.78, 5) is 25.0. The molecule has 0 aromatic rings. The second-order valence-corrected chi connectivity index (χ2v) is 8.53. The second-order valence-electron chi connectivity index (χ2n) is 7.97. The highest BCUT2D eigenvalue weighted by atomic mass is 79.9. The number of rotatable bonds is 2. The van der Waals surface area contributed by atoms with E-state index in [1.54, 1.807) is 6.92 Å². The third kappa shape index (κ3) is 1.52. The zero-order valence-corrected chi connectivity index (χ0v) is 15.6. The molecule has 0 amide bonds. The molecule has 1 spiro atoms. The molecule has 3 saturated heterocycles. The number of hydrogen-bond acceptors (Lipinski definition) is 8. The van der Waals surface area contributed by atoms with Crippen molar-refractivity contribution >= 4 is 27.9 Å². The van der Waals surface area contributed by atoms with Gasteiger partial charge >= 0.3 is 11.9 Å². The maximum absolute atomic E-state index is 12.6. The van der Waals surface area contributed by atoms with Crippen molar-refractivity contribution in [3.05, 3.63) is 0 Å². The van der Waals surface area contributed by atoms with Crippen molar-refractivity contribution in [2.45, 2.75) is 55.4 Å². The number of carbonyl (C=O) groups is 2. The molecule has 2 saturated carbocycles. The highest BCUT2D eigenvalue weighted by Crippen LogP contribution is 2.73. The van der Waals surface area contributed by atoms with Gasteiger partial charge in [0, 0.05) is 17.7 Å². The van der Waals surface area contributed by atoms with Gasteiger partial charge in [0.15, 0.2) is 5.60 Å². The Labute approximate surface area is 152 Å². The fourth-order valence-electron chi connectivity index (χ4n) is 5.99. The molecule has 9 atom stereocenters. The number of aliphatic hydroxyl groups excluding tert-OH is 2. The molecule has 0 aromatic heterocycles. The molecule has 2 aliphatic carbocycles. The van der Waals surface area contributed by atoms with Gasteiger partial charge in [0.2, 0.25) is 0 Å². The summed E-state index contributed by atoms with van der Waals surface area (Å²) in [6.45, 7) is 3.28. The van der Waals surface area contributed by atoms with E-state index in [-0.39, 0.29) is 6.42 Å². The van der Waals surface area contributed by atoms with Crippen molar-refractivity contribution < 1.29 is 39.1 Å². The minimum Gasteiger partial charge on any atom is -0.467 e. The molecule has 3 N–H and O–H groups in total. The van der Waals surface area contributed by atoms with Crippen LogP contribution >= 0.6 is 15.9 Å². The van der Waals surface area contributed by atoms with E-state index in [4.69, 9.17) is 14.2 Å². The molecule has 8 nitrogen and oxygen atoms in total. The average Bonchev–Trinajstić information content (AvgIpc) is 2.93. The Hall–Kier alpha value is -0.740. The first kappa shape index (κ1) is 17.7. The van der Waals surface area contributed by atoms with E-state index in [1.807, 2.05) is 0 Å². The van der Waals surface area contributed by atoms with Crippen LogP contribution in [0.3, 0.4) is 0 Å². The van der Waals surface area contributed by atoms with Gasteiger partial charge in [-0.3, -0.25) is 4.79 Å². The lowest BCUT2D eigenvalue weighted by Crippen LogP contribution is -2.77. The number of ether oxygens (including phenoxy) is 3. The SMILES string of the molecule is COC(=O)[C@@]1(O)[C@H](O)C[C@@]23O[C@](C)(CBr)[C@@H]4[C@@H](O)[C@@H](OC(=O)[C@@H]42)[C@@]13C. The van der Waals surface area contributed by atoms with Crippen LogP contribution in [-0.4, -0.2) is 74.8 Å². The van der Waals surface area contributed by atoms with Gasteiger partial charge in [0.1, 0.15) is 6.10 Å². The van der Waals surface area contributed by atoms with Crippen molar-refractivity contribution in [3.8, 4) is 0 Å². The van der Waals surface area contributed by atoms with Crippen LogP contribution in [0.25, 0.3) is 0 Å². The van der Waals surface area contributed by atoms with E-state index in [0.29, 0.717) is 5.33 Å². The van der Waals surface area contributed by atoms with Gasteiger partial charge in [-0.1, -0.05) is 15.9 Å². The van der Waals surface area contributed by atoms with Crippen LogP contribution < -0.4 is 0 Å². The fraction of sp³-hybridized carbons (Fsp3) is 0.875. The quantitative estimate of drug-likeness (QED) is 0.388. The number of halogens is 1. The van der Waals surface area contributed by atoms with Crippen LogP contribution in [-0.2, 0) is 23.8 Å². The van der Waals surface area contributed by atoms with E-state index in [1.165, 1.54) is 6.92 Å². The molecule has 0 radical (unpaired) electrons. The van der Waals surface area contributed by atoms with Gasteiger partial charge in [0.25, 0.3) is 0 Å². The first-order chi connectivity index (χ1) is 11.5. The predicted octanol–water partition coefficient (Wildman–Crippen LogP) is -0.884. The Bertz CT molecular complexity index is 671. The lowest BCUT2D eigenvalue weighted by molar-refractivity contribution is -0.287. The molecule has 140 valence electrons. The van der Waals surface area contributed by atoms with Crippen LogP contribution in [0.5, 0.6) is 0 Å². The Kier molecular flexibility index (Phi) is 3.36. The van der Waals surface area contributed by atoms with Gasteiger partial charge in [-0.2, -0.15) is 0 Å². The van der Waals surface area contributed by atoms with E-state index in [9.17, 15) is 24.9 Å². The summed E-state index contributed by atoms with van der Waals surface area (Å²) in [7, 11) is 1.10.